The molecule has 2 heterocycles. The number of rotatable bonds is 4. The Morgan fingerprint density at radius 2 is 1.89 bits per heavy atom. The molecule has 8 heteroatoms. The summed E-state index contributed by atoms with van der Waals surface area (Å²) < 4.78 is 27.8. The van der Waals surface area contributed by atoms with Crippen molar-refractivity contribution in [1.82, 2.24) is 0 Å². The Morgan fingerprint density at radius 3 is 2.63 bits per heavy atom. The van der Waals surface area contributed by atoms with E-state index in [9.17, 15) is 9.00 Å². The molecule has 0 saturated heterocycles. The second-order valence-electron chi connectivity index (χ2n) is 5.83. The van der Waals surface area contributed by atoms with Gasteiger partial charge in [-0.1, -0.05) is 11.6 Å². The van der Waals surface area contributed by atoms with Gasteiger partial charge in [-0.15, -0.1) is 0 Å². The van der Waals surface area contributed by atoms with Crippen molar-refractivity contribution in [2.45, 2.75) is 0 Å². The molecular weight excluding hydrogens is 388 g/mol. The molecule has 3 aromatic rings. The summed E-state index contributed by atoms with van der Waals surface area (Å²) >= 11 is 3.92. The summed E-state index contributed by atoms with van der Waals surface area (Å²) in [5.74, 6) is 0.933. The van der Waals surface area contributed by atoms with Crippen molar-refractivity contribution in [1.29, 1.82) is 0 Å². The van der Waals surface area contributed by atoms with Gasteiger partial charge >= 0.3 is 0 Å². The van der Waals surface area contributed by atoms with Crippen LogP contribution in [0.2, 0.25) is 5.02 Å². The van der Waals surface area contributed by atoms with E-state index < -0.39 is 11.3 Å². The Labute approximate surface area is 162 Å². The molecule has 1 amide bonds. The average Bonchev–Trinajstić information content (AvgIpc) is 3.21. The van der Waals surface area contributed by atoms with Crippen LogP contribution in [0.1, 0.15) is 11.3 Å². The van der Waals surface area contributed by atoms with E-state index in [1.165, 1.54) is 0 Å². The van der Waals surface area contributed by atoms with Crippen LogP contribution in [0.4, 0.5) is 11.4 Å². The highest BCUT2D eigenvalue weighted by molar-refractivity contribution is 7.80. The topological polar surface area (TPSA) is 91.6 Å². The molecular formula is C19H13ClN2O4S. The summed E-state index contributed by atoms with van der Waals surface area (Å²) in [7, 11) is 0. The first-order chi connectivity index (χ1) is 13.0. The number of halogens is 1. The predicted octanol–water partition coefficient (Wildman–Crippen LogP) is 4.64. The summed E-state index contributed by atoms with van der Waals surface area (Å²) in [6, 6.07) is 15.7. The highest BCUT2D eigenvalue weighted by Gasteiger charge is 2.24. The minimum Gasteiger partial charge on any atom is -0.457 e. The van der Waals surface area contributed by atoms with E-state index in [4.69, 9.17) is 20.6 Å². The molecule has 4 rings (SSSR count). The molecule has 3 N–H and O–H groups in total. The lowest BCUT2D eigenvalue weighted by molar-refractivity contribution is -0.110. The first kappa shape index (κ1) is 17.5. The first-order valence-electron chi connectivity index (χ1n) is 7.90. The van der Waals surface area contributed by atoms with Crippen LogP contribution in [0.3, 0.4) is 0 Å². The third-order valence-corrected chi connectivity index (χ3v) is 4.70. The highest BCUT2D eigenvalue weighted by Crippen LogP contribution is 2.35. The maximum absolute atomic E-state index is 12.2. The number of anilines is 2. The Hall–Kier alpha value is -2.87. The second-order valence-corrected chi connectivity index (χ2v) is 6.97. The highest BCUT2D eigenvalue weighted by atomic mass is 35.5. The van der Waals surface area contributed by atoms with Gasteiger partial charge in [-0.05, 0) is 60.7 Å². The molecule has 0 saturated carbocycles. The van der Waals surface area contributed by atoms with Gasteiger partial charge in [0.2, 0.25) is 0 Å². The fraction of sp³-hybridized carbons (Fsp3) is 0. The number of nitrogens with one attached hydrogen (secondary N) is 2. The Bertz CT molecular complexity index is 1090. The zero-order chi connectivity index (χ0) is 19.0. The number of carbonyl (C=O) groups excluding carboxylic acids is 1. The standard InChI is InChI=1S/C19H13ClN2O4S/c20-12-3-7-17-15(9-12)16(19(23)21-17)10-14-6-8-18(26-14)11-1-4-13(5-2-11)22-27(24)25/h1-10,22H,(H,21,23)(H,24,25). The van der Waals surface area contributed by atoms with Gasteiger partial charge in [0.1, 0.15) is 11.5 Å². The zero-order valence-corrected chi connectivity index (χ0v) is 15.3. The predicted molar refractivity (Wildman–Crippen MR) is 106 cm³/mol. The number of hydrogen-bond donors (Lipinski definition) is 3. The quantitative estimate of drug-likeness (QED) is 0.439. The van der Waals surface area contributed by atoms with Gasteiger partial charge in [0, 0.05) is 27.5 Å². The van der Waals surface area contributed by atoms with Gasteiger partial charge in [-0.25, -0.2) is 4.21 Å². The van der Waals surface area contributed by atoms with Crippen molar-refractivity contribution < 1.29 is 18.0 Å². The van der Waals surface area contributed by atoms with Crippen molar-refractivity contribution in [2.24, 2.45) is 0 Å². The Kier molecular flexibility index (Phi) is 4.57. The van der Waals surface area contributed by atoms with Gasteiger partial charge < -0.3 is 9.73 Å². The average molecular weight is 401 g/mol. The third kappa shape index (κ3) is 3.66. The summed E-state index contributed by atoms with van der Waals surface area (Å²) in [5.41, 5.74) is 3.25. The molecule has 27 heavy (non-hydrogen) atoms. The van der Waals surface area contributed by atoms with Crippen LogP contribution in [-0.2, 0) is 16.1 Å². The minimum atomic E-state index is -2.12. The van der Waals surface area contributed by atoms with Gasteiger partial charge in [0.05, 0.1) is 5.57 Å². The molecule has 0 aliphatic carbocycles. The molecule has 1 unspecified atom stereocenters. The van der Waals surface area contributed by atoms with E-state index >= 15 is 0 Å². The van der Waals surface area contributed by atoms with E-state index in [1.54, 1.807) is 60.7 Å². The van der Waals surface area contributed by atoms with E-state index in [1.807, 2.05) is 0 Å². The van der Waals surface area contributed by atoms with E-state index in [0.29, 0.717) is 33.5 Å². The lowest BCUT2D eigenvalue weighted by Gasteiger charge is -2.02. The van der Waals surface area contributed by atoms with Crippen molar-refractivity contribution in [3.05, 3.63) is 70.9 Å². The van der Waals surface area contributed by atoms with Crippen LogP contribution < -0.4 is 10.0 Å². The number of carbonyl (C=O) groups is 1. The molecule has 2 aromatic carbocycles. The van der Waals surface area contributed by atoms with Crippen LogP contribution >= 0.6 is 11.6 Å². The molecule has 1 aliphatic rings. The zero-order valence-electron chi connectivity index (χ0n) is 13.7. The Balaban J connectivity index is 1.62. The number of amides is 1. The molecule has 136 valence electrons. The summed E-state index contributed by atoms with van der Waals surface area (Å²) in [6.07, 6.45) is 1.67. The SMILES string of the molecule is O=C1Nc2ccc(Cl)cc2C1=Cc1ccc(-c2ccc(NS(=O)O)cc2)o1. The summed E-state index contributed by atoms with van der Waals surface area (Å²) in [6.45, 7) is 0. The van der Waals surface area contributed by atoms with E-state index in [-0.39, 0.29) is 5.91 Å². The second kappa shape index (κ2) is 7.03. The molecule has 0 spiro atoms. The number of benzene rings is 2. The number of fused-ring (bicyclic) bond motifs is 1. The van der Waals surface area contributed by atoms with Crippen molar-refractivity contribution in [2.75, 3.05) is 10.0 Å². The van der Waals surface area contributed by atoms with Crippen molar-refractivity contribution in [3.8, 4) is 11.3 Å². The molecule has 0 fully saturated rings. The number of hydrogen-bond acceptors (Lipinski definition) is 3. The Morgan fingerprint density at radius 1 is 1.11 bits per heavy atom. The van der Waals surface area contributed by atoms with Crippen LogP contribution in [-0.4, -0.2) is 14.7 Å². The van der Waals surface area contributed by atoms with E-state index in [0.717, 1.165) is 11.1 Å². The lowest BCUT2D eigenvalue weighted by Crippen LogP contribution is -2.03. The smallest absolute Gasteiger partial charge is 0.259 e. The van der Waals surface area contributed by atoms with Crippen LogP contribution in [0, 0.1) is 0 Å². The molecule has 1 atom stereocenters. The first-order valence-corrected chi connectivity index (χ1v) is 9.39. The number of furan rings is 1. The molecule has 1 aliphatic heterocycles. The summed E-state index contributed by atoms with van der Waals surface area (Å²) in [4.78, 5) is 12.2. The fourth-order valence-corrected chi connectivity index (χ4v) is 3.34. The summed E-state index contributed by atoms with van der Waals surface area (Å²) in [5, 5.41) is 3.35. The van der Waals surface area contributed by atoms with Crippen LogP contribution in [0.15, 0.2) is 59.0 Å². The molecule has 0 radical (unpaired) electrons. The maximum atomic E-state index is 12.2. The maximum Gasteiger partial charge on any atom is 0.259 e. The molecule has 6 nitrogen and oxygen atoms in total. The fourth-order valence-electron chi connectivity index (χ4n) is 2.83. The van der Waals surface area contributed by atoms with Gasteiger partial charge in [0.25, 0.3) is 17.2 Å². The molecule has 0 bridgehead atoms. The monoisotopic (exact) mass is 400 g/mol. The molecule has 1 aromatic heterocycles. The van der Waals surface area contributed by atoms with Crippen LogP contribution in [0.5, 0.6) is 0 Å². The van der Waals surface area contributed by atoms with Crippen LogP contribution in [0.25, 0.3) is 23.0 Å². The van der Waals surface area contributed by atoms with Gasteiger partial charge in [0.15, 0.2) is 0 Å². The lowest BCUT2D eigenvalue weighted by atomic mass is 10.1. The van der Waals surface area contributed by atoms with Gasteiger partial charge in [-0.2, -0.15) is 0 Å². The van der Waals surface area contributed by atoms with E-state index in [2.05, 4.69) is 10.0 Å². The van der Waals surface area contributed by atoms with Crippen molar-refractivity contribution >= 4 is 51.8 Å². The minimum absolute atomic E-state index is 0.211. The third-order valence-electron chi connectivity index (χ3n) is 4.05. The van der Waals surface area contributed by atoms with Crippen molar-refractivity contribution in [3.63, 3.8) is 0 Å². The largest absolute Gasteiger partial charge is 0.457 e. The van der Waals surface area contributed by atoms with Gasteiger partial charge in [-0.3, -0.25) is 14.1 Å². The normalized spacial score (nSPS) is 15.5.